The Morgan fingerprint density at radius 3 is 2.50 bits per heavy atom. The van der Waals surface area contributed by atoms with Crippen molar-refractivity contribution in [3.8, 4) is 0 Å². The second-order valence-electron chi connectivity index (χ2n) is 3.57. The van der Waals surface area contributed by atoms with Crippen LogP contribution in [0.3, 0.4) is 0 Å². The Labute approximate surface area is 93.7 Å². The standard InChI is InChI=1S/C10H12O5S/c1-7-2-3-8(16(11,12)13)6-9(7)10-14-4-5-15-10/h2-3,6,10H,4-5H2,1H3,(H,11,12,13). The Hall–Kier alpha value is -0.950. The van der Waals surface area contributed by atoms with Crippen LogP contribution in [0.1, 0.15) is 17.4 Å². The van der Waals surface area contributed by atoms with Gasteiger partial charge in [0.25, 0.3) is 10.1 Å². The van der Waals surface area contributed by atoms with Gasteiger partial charge in [-0.3, -0.25) is 4.55 Å². The first-order valence-corrected chi connectivity index (χ1v) is 6.24. The average molecular weight is 244 g/mol. The SMILES string of the molecule is Cc1ccc(S(=O)(=O)O)cc1C1OCCO1. The molecular weight excluding hydrogens is 232 g/mol. The van der Waals surface area contributed by atoms with Gasteiger partial charge in [0.15, 0.2) is 6.29 Å². The molecule has 5 nitrogen and oxygen atoms in total. The largest absolute Gasteiger partial charge is 0.346 e. The first-order chi connectivity index (χ1) is 7.48. The Morgan fingerprint density at radius 2 is 1.94 bits per heavy atom. The van der Waals surface area contributed by atoms with Crippen LogP contribution < -0.4 is 0 Å². The molecule has 0 radical (unpaired) electrons. The van der Waals surface area contributed by atoms with Gasteiger partial charge in [0.05, 0.1) is 18.1 Å². The highest BCUT2D eigenvalue weighted by molar-refractivity contribution is 7.85. The summed E-state index contributed by atoms with van der Waals surface area (Å²) in [7, 11) is -4.18. The smallest absolute Gasteiger partial charge is 0.294 e. The highest BCUT2D eigenvalue weighted by atomic mass is 32.2. The highest BCUT2D eigenvalue weighted by Gasteiger charge is 2.22. The number of ether oxygens (including phenoxy) is 2. The summed E-state index contributed by atoms with van der Waals surface area (Å²) < 4.78 is 41.5. The highest BCUT2D eigenvalue weighted by Crippen LogP contribution is 2.28. The molecule has 6 heteroatoms. The summed E-state index contributed by atoms with van der Waals surface area (Å²) in [6.45, 7) is 2.80. The van der Waals surface area contributed by atoms with Crippen LogP contribution in [0.15, 0.2) is 23.1 Å². The molecule has 0 aromatic heterocycles. The number of hydrogen-bond acceptors (Lipinski definition) is 4. The third kappa shape index (κ3) is 2.25. The van der Waals surface area contributed by atoms with Gasteiger partial charge in [0, 0.05) is 5.56 Å². The molecule has 16 heavy (non-hydrogen) atoms. The molecule has 1 aromatic rings. The fraction of sp³-hybridized carbons (Fsp3) is 0.400. The van der Waals surface area contributed by atoms with Crippen molar-refractivity contribution in [2.24, 2.45) is 0 Å². The van der Waals surface area contributed by atoms with E-state index in [0.717, 1.165) is 5.56 Å². The summed E-state index contributed by atoms with van der Waals surface area (Å²) >= 11 is 0. The maximum Gasteiger partial charge on any atom is 0.294 e. The molecule has 1 aliphatic rings. The summed E-state index contributed by atoms with van der Waals surface area (Å²) in [5.74, 6) is 0. The summed E-state index contributed by atoms with van der Waals surface area (Å²) in [5, 5.41) is 0. The number of rotatable bonds is 2. The van der Waals surface area contributed by atoms with Crippen molar-refractivity contribution < 1.29 is 22.4 Å². The zero-order chi connectivity index (χ0) is 11.8. The Morgan fingerprint density at radius 1 is 1.31 bits per heavy atom. The molecule has 0 spiro atoms. The predicted octanol–water partition coefficient (Wildman–Crippen LogP) is 1.29. The van der Waals surface area contributed by atoms with E-state index in [1.54, 1.807) is 6.07 Å². The molecule has 1 aromatic carbocycles. The van der Waals surface area contributed by atoms with Gasteiger partial charge < -0.3 is 9.47 Å². The maximum absolute atomic E-state index is 11.0. The van der Waals surface area contributed by atoms with Crippen LogP contribution in [-0.2, 0) is 19.6 Å². The van der Waals surface area contributed by atoms with Gasteiger partial charge in [-0.2, -0.15) is 8.42 Å². The van der Waals surface area contributed by atoms with Crippen molar-refractivity contribution in [3.05, 3.63) is 29.3 Å². The number of aryl methyl sites for hydroxylation is 1. The minimum atomic E-state index is -4.18. The lowest BCUT2D eigenvalue weighted by molar-refractivity contribution is -0.0446. The molecule has 0 saturated carbocycles. The van der Waals surface area contributed by atoms with Crippen molar-refractivity contribution in [2.75, 3.05) is 13.2 Å². The Balaban J connectivity index is 2.44. The first-order valence-electron chi connectivity index (χ1n) is 4.80. The van der Waals surface area contributed by atoms with Gasteiger partial charge in [-0.15, -0.1) is 0 Å². The van der Waals surface area contributed by atoms with Crippen molar-refractivity contribution in [2.45, 2.75) is 18.1 Å². The molecular formula is C10H12O5S. The maximum atomic E-state index is 11.0. The second kappa shape index (κ2) is 4.14. The van der Waals surface area contributed by atoms with Crippen molar-refractivity contribution >= 4 is 10.1 Å². The van der Waals surface area contributed by atoms with Crippen molar-refractivity contribution in [1.82, 2.24) is 0 Å². The van der Waals surface area contributed by atoms with E-state index in [0.29, 0.717) is 18.8 Å². The molecule has 0 amide bonds. The molecule has 0 aliphatic carbocycles. The van der Waals surface area contributed by atoms with Gasteiger partial charge in [-0.1, -0.05) is 6.07 Å². The monoisotopic (exact) mass is 244 g/mol. The fourth-order valence-corrected chi connectivity index (χ4v) is 2.09. The summed E-state index contributed by atoms with van der Waals surface area (Å²) in [6.07, 6.45) is -0.540. The van der Waals surface area contributed by atoms with Crippen LogP contribution in [0.5, 0.6) is 0 Å². The normalized spacial score (nSPS) is 17.9. The van der Waals surface area contributed by atoms with Crippen LogP contribution in [0.2, 0.25) is 0 Å². The zero-order valence-corrected chi connectivity index (χ0v) is 9.53. The minimum absolute atomic E-state index is 0.146. The third-order valence-electron chi connectivity index (χ3n) is 2.42. The van der Waals surface area contributed by atoms with E-state index >= 15 is 0 Å². The minimum Gasteiger partial charge on any atom is -0.346 e. The second-order valence-corrected chi connectivity index (χ2v) is 4.99. The first kappa shape index (κ1) is 11.5. The number of hydrogen-bond donors (Lipinski definition) is 1. The quantitative estimate of drug-likeness (QED) is 0.793. The molecule has 0 bridgehead atoms. The lowest BCUT2D eigenvalue weighted by Gasteiger charge is -2.13. The summed E-state index contributed by atoms with van der Waals surface area (Å²) in [6, 6.07) is 4.34. The lowest BCUT2D eigenvalue weighted by Crippen LogP contribution is -2.05. The van der Waals surface area contributed by atoms with E-state index in [1.807, 2.05) is 6.92 Å². The Kier molecular flexibility index (Phi) is 2.98. The van der Waals surface area contributed by atoms with E-state index in [-0.39, 0.29) is 4.90 Å². The average Bonchev–Trinajstić information content (AvgIpc) is 2.69. The van der Waals surface area contributed by atoms with Gasteiger partial charge in [0.2, 0.25) is 0 Å². The van der Waals surface area contributed by atoms with Crippen molar-refractivity contribution in [1.29, 1.82) is 0 Å². The van der Waals surface area contributed by atoms with Crippen LogP contribution in [0.25, 0.3) is 0 Å². The van der Waals surface area contributed by atoms with E-state index in [1.165, 1.54) is 12.1 Å². The molecule has 1 saturated heterocycles. The van der Waals surface area contributed by atoms with Crippen LogP contribution in [-0.4, -0.2) is 26.2 Å². The van der Waals surface area contributed by atoms with Crippen LogP contribution in [0.4, 0.5) is 0 Å². The van der Waals surface area contributed by atoms with Gasteiger partial charge in [-0.25, -0.2) is 0 Å². The summed E-state index contributed by atoms with van der Waals surface area (Å²) in [5.41, 5.74) is 1.49. The van der Waals surface area contributed by atoms with E-state index in [4.69, 9.17) is 14.0 Å². The molecule has 1 aliphatic heterocycles. The summed E-state index contributed by atoms with van der Waals surface area (Å²) in [4.78, 5) is -0.146. The topological polar surface area (TPSA) is 72.8 Å². The zero-order valence-electron chi connectivity index (χ0n) is 8.71. The number of benzene rings is 1. The fourth-order valence-electron chi connectivity index (χ4n) is 1.57. The molecule has 1 fully saturated rings. The van der Waals surface area contributed by atoms with Crippen LogP contribution >= 0.6 is 0 Å². The predicted molar refractivity (Wildman–Crippen MR) is 55.6 cm³/mol. The van der Waals surface area contributed by atoms with Gasteiger partial charge in [0.1, 0.15) is 0 Å². The van der Waals surface area contributed by atoms with Crippen LogP contribution in [0, 0.1) is 6.92 Å². The van der Waals surface area contributed by atoms with Crippen molar-refractivity contribution in [3.63, 3.8) is 0 Å². The molecule has 1 N–H and O–H groups in total. The molecule has 1 heterocycles. The van der Waals surface area contributed by atoms with E-state index in [9.17, 15) is 8.42 Å². The van der Waals surface area contributed by atoms with Gasteiger partial charge in [-0.05, 0) is 24.6 Å². The molecule has 0 unspecified atom stereocenters. The van der Waals surface area contributed by atoms with Gasteiger partial charge >= 0.3 is 0 Å². The van der Waals surface area contributed by atoms with E-state index in [2.05, 4.69) is 0 Å². The molecule has 2 rings (SSSR count). The third-order valence-corrected chi connectivity index (χ3v) is 3.27. The molecule has 88 valence electrons. The molecule has 0 atom stereocenters. The van der Waals surface area contributed by atoms with E-state index < -0.39 is 16.4 Å². The lowest BCUT2D eigenvalue weighted by atomic mass is 10.1. The Bertz CT molecular complexity index is 488.